The van der Waals surface area contributed by atoms with E-state index in [1.807, 2.05) is 0 Å². The molecule has 0 saturated carbocycles. The van der Waals surface area contributed by atoms with Gasteiger partial charge in [-0.2, -0.15) is 0 Å². The zero-order valence-corrected chi connectivity index (χ0v) is 12.5. The van der Waals surface area contributed by atoms with Crippen LogP contribution in [0.4, 0.5) is 0 Å². The van der Waals surface area contributed by atoms with Crippen LogP contribution in [0.5, 0.6) is 0 Å². The molecule has 0 aliphatic carbocycles. The van der Waals surface area contributed by atoms with E-state index in [-0.39, 0.29) is 5.91 Å². The first-order chi connectivity index (χ1) is 8.67. The van der Waals surface area contributed by atoms with Gasteiger partial charge in [-0.1, -0.05) is 13.8 Å². The van der Waals surface area contributed by atoms with Gasteiger partial charge in [-0.05, 0) is 47.6 Å². The highest BCUT2D eigenvalue weighted by molar-refractivity contribution is 9.10. The van der Waals surface area contributed by atoms with Crippen LogP contribution in [0.2, 0.25) is 0 Å². The van der Waals surface area contributed by atoms with Gasteiger partial charge in [0.15, 0.2) is 0 Å². The number of nitrogens with zero attached hydrogens (tertiary/aromatic N) is 2. The molecule has 5 heteroatoms. The van der Waals surface area contributed by atoms with Gasteiger partial charge in [0.25, 0.3) is 5.91 Å². The standard InChI is InChI=1S/C13H20BrN3O/c1-3-8-17(4-2)9-7-16-13(18)11-5-6-15-12(14)10-11/h5-6,10H,3-4,7-9H2,1-2H3,(H,16,18). The van der Waals surface area contributed by atoms with Crippen LogP contribution < -0.4 is 5.32 Å². The molecule has 0 aromatic carbocycles. The molecule has 0 atom stereocenters. The van der Waals surface area contributed by atoms with Crippen LogP contribution >= 0.6 is 15.9 Å². The number of likely N-dealkylation sites (N-methyl/N-ethyl adjacent to an activating group) is 1. The SMILES string of the molecule is CCCN(CC)CCNC(=O)c1ccnc(Br)c1. The molecule has 0 spiro atoms. The minimum atomic E-state index is -0.0503. The van der Waals surface area contributed by atoms with E-state index >= 15 is 0 Å². The monoisotopic (exact) mass is 313 g/mol. The summed E-state index contributed by atoms with van der Waals surface area (Å²) < 4.78 is 0.677. The molecule has 0 aliphatic rings. The number of carbonyl (C=O) groups excluding carboxylic acids is 1. The number of halogens is 1. The van der Waals surface area contributed by atoms with Gasteiger partial charge >= 0.3 is 0 Å². The van der Waals surface area contributed by atoms with Crippen molar-refractivity contribution in [2.24, 2.45) is 0 Å². The minimum Gasteiger partial charge on any atom is -0.351 e. The molecule has 4 nitrogen and oxygen atoms in total. The molecule has 0 unspecified atom stereocenters. The van der Waals surface area contributed by atoms with E-state index in [1.54, 1.807) is 18.3 Å². The predicted octanol–water partition coefficient (Wildman–Crippen LogP) is 2.31. The van der Waals surface area contributed by atoms with Gasteiger partial charge in [0, 0.05) is 24.8 Å². The first-order valence-corrected chi connectivity index (χ1v) is 7.08. The average Bonchev–Trinajstić information content (AvgIpc) is 2.37. The van der Waals surface area contributed by atoms with Crippen LogP contribution in [-0.2, 0) is 0 Å². The summed E-state index contributed by atoms with van der Waals surface area (Å²) in [4.78, 5) is 18.2. The summed E-state index contributed by atoms with van der Waals surface area (Å²) in [6.07, 6.45) is 2.76. The lowest BCUT2D eigenvalue weighted by atomic mass is 10.2. The minimum absolute atomic E-state index is 0.0503. The van der Waals surface area contributed by atoms with Crippen LogP contribution in [0.1, 0.15) is 30.6 Å². The molecular formula is C13H20BrN3O. The number of nitrogens with one attached hydrogen (secondary N) is 1. The Balaban J connectivity index is 2.37. The van der Waals surface area contributed by atoms with E-state index in [2.05, 4.69) is 45.0 Å². The largest absolute Gasteiger partial charge is 0.351 e. The lowest BCUT2D eigenvalue weighted by Gasteiger charge is -2.19. The number of amides is 1. The first-order valence-electron chi connectivity index (χ1n) is 6.29. The van der Waals surface area contributed by atoms with Crippen molar-refractivity contribution in [3.05, 3.63) is 28.5 Å². The third kappa shape index (κ3) is 5.14. The molecule has 0 radical (unpaired) electrons. The number of hydrogen-bond donors (Lipinski definition) is 1. The maximum atomic E-state index is 11.8. The van der Waals surface area contributed by atoms with Gasteiger partial charge in [-0.3, -0.25) is 4.79 Å². The maximum absolute atomic E-state index is 11.8. The van der Waals surface area contributed by atoms with Gasteiger partial charge in [0.05, 0.1) is 0 Å². The van der Waals surface area contributed by atoms with E-state index in [0.717, 1.165) is 26.1 Å². The Labute approximate surface area is 117 Å². The van der Waals surface area contributed by atoms with Crippen molar-refractivity contribution in [3.8, 4) is 0 Å². The van der Waals surface area contributed by atoms with E-state index < -0.39 is 0 Å². The van der Waals surface area contributed by atoms with Crippen molar-refractivity contribution >= 4 is 21.8 Å². The average molecular weight is 314 g/mol. The molecule has 1 heterocycles. The normalized spacial score (nSPS) is 10.7. The Kier molecular flexibility index (Phi) is 6.90. The van der Waals surface area contributed by atoms with Crippen molar-refractivity contribution in [1.82, 2.24) is 15.2 Å². The summed E-state index contributed by atoms with van der Waals surface area (Å²) in [5.41, 5.74) is 0.635. The number of hydrogen-bond acceptors (Lipinski definition) is 3. The Bertz CT molecular complexity index is 384. The van der Waals surface area contributed by atoms with Crippen LogP contribution in [0.15, 0.2) is 22.9 Å². The molecule has 100 valence electrons. The zero-order valence-electron chi connectivity index (χ0n) is 10.9. The lowest BCUT2D eigenvalue weighted by molar-refractivity contribution is 0.0948. The van der Waals surface area contributed by atoms with Gasteiger partial charge in [0.2, 0.25) is 0 Å². The molecule has 0 bridgehead atoms. The van der Waals surface area contributed by atoms with Crippen molar-refractivity contribution in [2.75, 3.05) is 26.2 Å². The number of rotatable bonds is 7. The first kappa shape index (κ1) is 15.1. The lowest BCUT2D eigenvalue weighted by Crippen LogP contribution is -2.35. The molecule has 1 aromatic rings. The number of pyridine rings is 1. The number of carbonyl (C=O) groups is 1. The summed E-state index contributed by atoms with van der Waals surface area (Å²) in [6.45, 7) is 7.96. The quantitative estimate of drug-likeness (QED) is 0.786. The second-order valence-corrected chi connectivity index (χ2v) is 4.87. The summed E-state index contributed by atoms with van der Waals surface area (Å²) in [5.74, 6) is -0.0503. The van der Waals surface area contributed by atoms with Crippen LogP contribution in [0.3, 0.4) is 0 Å². The predicted molar refractivity (Wildman–Crippen MR) is 76.7 cm³/mol. The third-order valence-electron chi connectivity index (χ3n) is 2.69. The molecular weight excluding hydrogens is 294 g/mol. The van der Waals surface area contributed by atoms with Gasteiger partial charge in [-0.25, -0.2) is 4.98 Å². The Morgan fingerprint density at radius 3 is 2.83 bits per heavy atom. The topological polar surface area (TPSA) is 45.2 Å². The molecule has 0 saturated heterocycles. The number of aromatic nitrogens is 1. The molecule has 0 aliphatic heterocycles. The Morgan fingerprint density at radius 1 is 1.44 bits per heavy atom. The highest BCUT2D eigenvalue weighted by Crippen LogP contribution is 2.07. The van der Waals surface area contributed by atoms with E-state index in [9.17, 15) is 4.79 Å². The van der Waals surface area contributed by atoms with Crippen LogP contribution in [0.25, 0.3) is 0 Å². The van der Waals surface area contributed by atoms with Gasteiger partial charge in [-0.15, -0.1) is 0 Å². The van der Waals surface area contributed by atoms with Crippen molar-refractivity contribution < 1.29 is 4.79 Å². The summed E-state index contributed by atoms with van der Waals surface area (Å²) in [5, 5.41) is 2.92. The summed E-state index contributed by atoms with van der Waals surface area (Å²) in [6, 6.07) is 3.43. The Morgan fingerprint density at radius 2 is 2.22 bits per heavy atom. The van der Waals surface area contributed by atoms with E-state index in [4.69, 9.17) is 0 Å². The van der Waals surface area contributed by atoms with Crippen molar-refractivity contribution in [1.29, 1.82) is 0 Å². The van der Waals surface area contributed by atoms with Gasteiger partial charge < -0.3 is 10.2 Å². The van der Waals surface area contributed by atoms with Crippen LogP contribution in [-0.4, -0.2) is 42.0 Å². The summed E-state index contributed by atoms with van der Waals surface area (Å²) >= 11 is 3.25. The van der Waals surface area contributed by atoms with Crippen molar-refractivity contribution in [2.45, 2.75) is 20.3 Å². The molecule has 1 amide bonds. The second-order valence-electron chi connectivity index (χ2n) is 4.06. The fourth-order valence-electron chi connectivity index (χ4n) is 1.72. The molecule has 1 N–H and O–H groups in total. The van der Waals surface area contributed by atoms with Crippen molar-refractivity contribution in [3.63, 3.8) is 0 Å². The Hall–Kier alpha value is -0.940. The second kappa shape index (κ2) is 8.21. The molecule has 1 aromatic heterocycles. The summed E-state index contributed by atoms with van der Waals surface area (Å²) in [7, 11) is 0. The molecule has 18 heavy (non-hydrogen) atoms. The van der Waals surface area contributed by atoms with E-state index in [0.29, 0.717) is 16.7 Å². The smallest absolute Gasteiger partial charge is 0.251 e. The molecule has 1 rings (SSSR count). The van der Waals surface area contributed by atoms with Crippen LogP contribution in [0, 0.1) is 0 Å². The van der Waals surface area contributed by atoms with Gasteiger partial charge in [0.1, 0.15) is 4.60 Å². The fourth-order valence-corrected chi connectivity index (χ4v) is 2.08. The van der Waals surface area contributed by atoms with E-state index in [1.165, 1.54) is 0 Å². The fraction of sp³-hybridized carbons (Fsp3) is 0.538. The third-order valence-corrected chi connectivity index (χ3v) is 3.12. The highest BCUT2D eigenvalue weighted by atomic mass is 79.9. The maximum Gasteiger partial charge on any atom is 0.251 e. The zero-order chi connectivity index (χ0) is 13.4. The highest BCUT2D eigenvalue weighted by Gasteiger charge is 2.06. The molecule has 0 fully saturated rings.